The lowest BCUT2D eigenvalue weighted by molar-refractivity contribution is 0.160. The van der Waals surface area contributed by atoms with Crippen LogP contribution in [0, 0.1) is 0 Å². The van der Waals surface area contributed by atoms with E-state index in [1.54, 1.807) is 0 Å². The number of hydrogen-bond acceptors (Lipinski definition) is 2. The molecule has 2 bridgehead atoms. The first-order chi connectivity index (χ1) is 10.7. The summed E-state index contributed by atoms with van der Waals surface area (Å²) in [7, 11) is 2.29. The molecule has 0 saturated carbocycles. The first kappa shape index (κ1) is 14.2. The van der Waals surface area contributed by atoms with Crippen LogP contribution in [0.15, 0.2) is 42.6 Å². The summed E-state index contributed by atoms with van der Waals surface area (Å²) in [5.74, 6) is 0.627. The summed E-state index contributed by atoms with van der Waals surface area (Å²) in [4.78, 5) is 7.35. The second kappa shape index (κ2) is 5.68. The number of piperidine rings is 1. The number of pyridine rings is 1. The predicted molar refractivity (Wildman–Crippen MR) is 91.2 cm³/mol. The molecular formula is C19H21ClN2. The lowest BCUT2D eigenvalue weighted by Gasteiger charge is -2.36. The fourth-order valence-electron chi connectivity index (χ4n) is 4.14. The number of fused-ring (bicyclic) bond motifs is 2. The minimum Gasteiger partial charge on any atom is -0.300 e. The van der Waals surface area contributed by atoms with Crippen LogP contribution >= 0.6 is 11.6 Å². The zero-order valence-corrected chi connectivity index (χ0v) is 13.6. The van der Waals surface area contributed by atoms with Crippen LogP contribution in [0.25, 0.3) is 11.1 Å². The summed E-state index contributed by atoms with van der Waals surface area (Å²) in [5, 5.41) is 0.772. The van der Waals surface area contributed by atoms with Gasteiger partial charge in [-0.15, -0.1) is 0 Å². The largest absolute Gasteiger partial charge is 0.300 e. The number of aromatic nitrogens is 1. The number of halogens is 1. The molecule has 3 heteroatoms. The van der Waals surface area contributed by atoms with Gasteiger partial charge in [-0.3, -0.25) is 4.98 Å². The van der Waals surface area contributed by atoms with E-state index in [4.69, 9.17) is 16.6 Å². The minimum absolute atomic E-state index is 0.627. The van der Waals surface area contributed by atoms with Crippen LogP contribution < -0.4 is 0 Å². The van der Waals surface area contributed by atoms with Gasteiger partial charge in [0.25, 0.3) is 0 Å². The van der Waals surface area contributed by atoms with Crippen LogP contribution in [-0.2, 0) is 0 Å². The Bertz CT molecular complexity index is 653. The van der Waals surface area contributed by atoms with Crippen molar-refractivity contribution in [1.82, 2.24) is 9.88 Å². The summed E-state index contributed by atoms with van der Waals surface area (Å²) in [6, 6.07) is 13.9. The zero-order chi connectivity index (χ0) is 15.1. The van der Waals surface area contributed by atoms with E-state index in [1.807, 2.05) is 24.4 Å². The predicted octanol–water partition coefficient (Wildman–Crippen LogP) is 4.74. The molecule has 114 valence electrons. The third-order valence-electron chi connectivity index (χ3n) is 5.46. The van der Waals surface area contributed by atoms with Gasteiger partial charge in [0.05, 0.1) is 0 Å². The van der Waals surface area contributed by atoms with Gasteiger partial charge in [-0.2, -0.15) is 0 Å². The first-order valence-electron chi connectivity index (χ1n) is 8.14. The van der Waals surface area contributed by atoms with Gasteiger partial charge < -0.3 is 4.90 Å². The summed E-state index contributed by atoms with van der Waals surface area (Å²) >= 11 is 6.08. The summed E-state index contributed by atoms with van der Waals surface area (Å²) in [6.45, 7) is 0. The molecule has 0 N–H and O–H groups in total. The molecule has 2 aliphatic heterocycles. The topological polar surface area (TPSA) is 16.1 Å². The smallest absolute Gasteiger partial charge is 0.0436 e. The molecule has 2 aromatic rings. The molecule has 2 nitrogen and oxygen atoms in total. The highest BCUT2D eigenvalue weighted by atomic mass is 35.5. The lowest BCUT2D eigenvalue weighted by atomic mass is 9.88. The van der Waals surface area contributed by atoms with E-state index < -0.39 is 0 Å². The van der Waals surface area contributed by atoms with Gasteiger partial charge in [0.15, 0.2) is 0 Å². The first-order valence-corrected chi connectivity index (χ1v) is 8.52. The molecule has 4 rings (SSSR count). The van der Waals surface area contributed by atoms with Gasteiger partial charge in [-0.1, -0.05) is 29.8 Å². The van der Waals surface area contributed by atoms with Gasteiger partial charge in [0.1, 0.15) is 0 Å². The molecule has 0 radical (unpaired) electrons. The molecule has 0 amide bonds. The van der Waals surface area contributed by atoms with Crippen LogP contribution in [0.2, 0.25) is 5.02 Å². The van der Waals surface area contributed by atoms with Gasteiger partial charge in [0, 0.05) is 40.5 Å². The van der Waals surface area contributed by atoms with E-state index >= 15 is 0 Å². The van der Waals surface area contributed by atoms with Crippen molar-refractivity contribution in [2.75, 3.05) is 7.05 Å². The van der Waals surface area contributed by atoms with Crippen LogP contribution in [0.5, 0.6) is 0 Å². The Morgan fingerprint density at radius 2 is 1.82 bits per heavy atom. The highest BCUT2D eigenvalue weighted by molar-refractivity contribution is 6.30. The number of hydrogen-bond donors (Lipinski definition) is 0. The third-order valence-corrected chi connectivity index (χ3v) is 5.70. The molecule has 2 saturated heterocycles. The molecule has 2 atom stereocenters. The molecule has 2 unspecified atom stereocenters. The Labute approximate surface area is 137 Å². The van der Waals surface area contributed by atoms with E-state index in [1.165, 1.54) is 31.4 Å². The Hall–Kier alpha value is -1.38. The number of rotatable bonds is 2. The summed E-state index contributed by atoms with van der Waals surface area (Å²) in [5.41, 5.74) is 3.54. The van der Waals surface area contributed by atoms with Crippen LogP contribution in [0.1, 0.15) is 37.3 Å². The molecule has 1 aromatic carbocycles. The van der Waals surface area contributed by atoms with Crippen LogP contribution in [0.4, 0.5) is 0 Å². The fourth-order valence-corrected chi connectivity index (χ4v) is 4.33. The Morgan fingerprint density at radius 1 is 1.05 bits per heavy atom. The molecule has 3 heterocycles. The maximum atomic E-state index is 6.08. The molecule has 0 spiro atoms. The molecular weight excluding hydrogens is 292 g/mol. The van der Waals surface area contributed by atoms with Crippen molar-refractivity contribution in [3.8, 4) is 11.1 Å². The van der Waals surface area contributed by atoms with Crippen molar-refractivity contribution in [3.63, 3.8) is 0 Å². The fraction of sp³-hybridized carbons (Fsp3) is 0.421. The average Bonchev–Trinajstić information content (AvgIpc) is 2.76. The highest BCUT2D eigenvalue weighted by Gasteiger charge is 2.39. The van der Waals surface area contributed by atoms with Crippen LogP contribution in [0.3, 0.4) is 0 Å². The van der Waals surface area contributed by atoms with Crippen molar-refractivity contribution < 1.29 is 0 Å². The molecule has 22 heavy (non-hydrogen) atoms. The second-order valence-corrected chi connectivity index (χ2v) is 7.14. The quantitative estimate of drug-likeness (QED) is 0.796. The minimum atomic E-state index is 0.627. The SMILES string of the molecule is CN1C2CCC1CC(c1ccc(-c3cccc(Cl)c3)cn1)C2. The molecule has 1 aromatic heterocycles. The Morgan fingerprint density at radius 3 is 2.45 bits per heavy atom. The maximum absolute atomic E-state index is 6.08. The third kappa shape index (κ3) is 2.55. The van der Waals surface area contributed by atoms with E-state index in [0.29, 0.717) is 5.92 Å². The van der Waals surface area contributed by atoms with Crippen molar-refractivity contribution in [2.24, 2.45) is 0 Å². The average molecular weight is 313 g/mol. The van der Waals surface area contributed by atoms with Gasteiger partial charge in [-0.25, -0.2) is 0 Å². The van der Waals surface area contributed by atoms with E-state index in [2.05, 4.69) is 30.1 Å². The van der Waals surface area contributed by atoms with Crippen molar-refractivity contribution in [2.45, 2.75) is 43.7 Å². The zero-order valence-electron chi connectivity index (χ0n) is 12.9. The summed E-state index contributed by atoms with van der Waals surface area (Å²) in [6.07, 6.45) is 7.24. The molecule has 2 aliphatic rings. The van der Waals surface area contributed by atoms with Gasteiger partial charge >= 0.3 is 0 Å². The number of nitrogens with zero attached hydrogens (tertiary/aromatic N) is 2. The van der Waals surface area contributed by atoms with E-state index in [9.17, 15) is 0 Å². The second-order valence-electron chi connectivity index (χ2n) is 6.70. The highest BCUT2D eigenvalue weighted by Crippen LogP contribution is 2.41. The lowest BCUT2D eigenvalue weighted by Crippen LogP contribution is -2.39. The van der Waals surface area contributed by atoms with Gasteiger partial charge in [0.2, 0.25) is 0 Å². The van der Waals surface area contributed by atoms with Crippen molar-refractivity contribution >= 4 is 11.6 Å². The summed E-state index contributed by atoms with van der Waals surface area (Å²) < 4.78 is 0. The number of benzene rings is 1. The molecule has 2 fully saturated rings. The van der Waals surface area contributed by atoms with Crippen LogP contribution in [-0.4, -0.2) is 29.0 Å². The Balaban J connectivity index is 1.55. The van der Waals surface area contributed by atoms with E-state index in [-0.39, 0.29) is 0 Å². The van der Waals surface area contributed by atoms with Gasteiger partial charge in [-0.05, 0) is 56.5 Å². The van der Waals surface area contributed by atoms with Crippen molar-refractivity contribution in [3.05, 3.63) is 53.3 Å². The van der Waals surface area contributed by atoms with E-state index in [0.717, 1.165) is 28.2 Å². The monoisotopic (exact) mass is 312 g/mol. The standard InChI is InChI=1S/C19H21ClN2/c1-22-17-6-7-18(22)11-15(10-17)19-8-5-14(12-21-19)13-3-2-4-16(20)9-13/h2-5,8-9,12,15,17-18H,6-7,10-11H2,1H3. The van der Waals surface area contributed by atoms with Crippen molar-refractivity contribution in [1.29, 1.82) is 0 Å². The molecule has 0 aliphatic carbocycles. The normalized spacial score (nSPS) is 28.0. The Kier molecular flexibility index (Phi) is 3.67. The maximum Gasteiger partial charge on any atom is 0.0436 e.